The van der Waals surface area contributed by atoms with Crippen LogP contribution in [-0.4, -0.2) is 20.1 Å². The zero-order valence-electron chi connectivity index (χ0n) is 6.15. The molecule has 1 rings (SSSR count). The Morgan fingerprint density at radius 3 is 2.90 bits per heavy atom. The van der Waals surface area contributed by atoms with E-state index < -0.39 is 6.10 Å². The highest BCUT2D eigenvalue weighted by atomic mass is 16.3. The first-order valence-corrected chi connectivity index (χ1v) is 3.32. The highest BCUT2D eigenvalue weighted by Crippen LogP contribution is 2.07. The first kappa shape index (κ1) is 7.21. The highest BCUT2D eigenvalue weighted by Gasteiger charge is 2.06. The van der Waals surface area contributed by atoms with Crippen molar-refractivity contribution in [2.24, 2.45) is 0 Å². The van der Waals surface area contributed by atoms with Crippen LogP contribution in [-0.2, 0) is 6.54 Å². The van der Waals surface area contributed by atoms with Crippen molar-refractivity contribution in [2.45, 2.75) is 26.5 Å². The Morgan fingerprint density at radius 2 is 2.50 bits per heavy atom. The van der Waals surface area contributed by atoms with Crippen LogP contribution in [0.1, 0.15) is 25.6 Å². The third-order valence-electron chi connectivity index (χ3n) is 1.38. The zero-order chi connectivity index (χ0) is 7.56. The second kappa shape index (κ2) is 2.79. The summed E-state index contributed by atoms with van der Waals surface area (Å²) in [6.45, 7) is 4.41. The van der Waals surface area contributed by atoms with Gasteiger partial charge in [0.05, 0.1) is 18.0 Å². The van der Waals surface area contributed by atoms with Gasteiger partial charge < -0.3 is 5.11 Å². The Bertz CT molecular complexity index is 207. The van der Waals surface area contributed by atoms with E-state index >= 15 is 0 Å². The van der Waals surface area contributed by atoms with Gasteiger partial charge in [0.2, 0.25) is 0 Å². The molecule has 0 bridgehead atoms. The lowest BCUT2D eigenvalue weighted by molar-refractivity contribution is 0.187. The standard InChI is InChI=1S/C6H11N3O/c1-3-9-6(5(2)10)4-7-8-9/h4-5,10H,3H2,1-2H3/t5-/m0/s1. The molecule has 0 spiro atoms. The third kappa shape index (κ3) is 1.16. The first-order chi connectivity index (χ1) is 4.75. The summed E-state index contributed by atoms with van der Waals surface area (Å²) < 4.78 is 1.67. The van der Waals surface area contributed by atoms with E-state index in [-0.39, 0.29) is 0 Å². The van der Waals surface area contributed by atoms with Crippen LogP contribution in [0.2, 0.25) is 0 Å². The van der Waals surface area contributed by atoms with Crippen LogP contribution in [0, 0.1) is 0 Å². The van der Waals surface area contributed by atoms with Crippen LogP contribution < -0.4 is 0 Å². The smallest absolute Gasteiger partial charge is 0.0945 e. The van der Waals surface area contributed by atoms with Gasteiger partial charge >= 0.3 is 0 Å². The van der Waals surface area contributed by atoms with Crippen molar-refractivity contribution >= 4 is 0 Å². The summed E-state index contributed by atoms with van der Waals surface area (Å²) >= 11 is 0. The van der Waals surface area contributed by atoms with Crippen molar-refractivity contribution in [3.8, 4) is 0 Å². The molecule has 10 heavy (non-hydrogen) atoms. The van der Waals surface area contributed by atoms with E-state index in [1.165, 1.54) is 0 Å². The predicted octanol–water partition coefficient (Wildman–Crippen LogP) is 0.351. The molecule has 0 radical (unpaired) electrons. The van der Waals surface area contributed by atoms with Crippen molar-refractivity contribution in [3.05, 3.63) is 11.9 Å². The van der Waals surface area contributed by atoms with Crippen molar-refractivity contribution in [2.75, 3.05) is 0 Å². The predicted molar refractivity (Wildman–Crippen MR) is 36.3 cm³/mol. The Hall–Kier alpha value is -0.900. The number of hydrogen-bond donors (Lipinski definition) is 1. The topological polar surface area (TPSA) is 50.9 Å². The maximum atomic E-state index is 9.12. The van der Waals surface area contributed by atoms with Gasteiger partial charge in [-0.05, 0) is 13.8 Å². The van der Waals surface area contributed by atoms with E-state index in [2.05, 4.69) is 10.3 Å². The first-order valence-electron chi connectivity index (χ1n) is 3.32. The summed E-state index contributed by atoms with van der Waals surface area (Å²) in [5.74, 6) is 0. The average molecular weight is 141 g/mol. The molecule has 0 fully saturated rings. The molecule has 1 N–H and O–H groups in total. The second-order valence-corrected chi connectivity index (χ2v) is 2.15. The molecular weight excluding hydrogens is 130 g/mol. The minimum absolute atomic E-state index is 0.477. The van der Waals surface area contributed by atoms with Crippen molar-refractivity contribution in [3.63, 3.8) is 0 Å². The van der Waals surface area contributed by atoms with Gasteiger partial charge in [-0.25, -0.2) is 4.68 Å². The van der Waals surface area contributed by atoms with Crippen LogP contribution in [0.5, 0.6) is 0 Å². The Balaban J connectivity index is 2.90. The van der Waals surface area contributed by atoms with Gasteiger partial charge in [-0.3, -0.25) is 0 Å². The molecule has 1 aromatic rings. The van der Waals surface area contributed by atoms with E-state index in [4.69, 9.17) is 5.11 Å². The van der Waals surface area contributed by atoms with E-state index in [1.807, 2.05) is 6.92 Å². The molecule has 1 heterocycles. The molecule has 0 aliphatic rings. The summed E-state index contributed by atoms with van der Waals surface area (Å²) in [7, 11) is 0. The SMILES string of the molecule is CCn1nncc1[C@H](C)O. The van der Waals surface area contributed by atoms with Gasteiger partial charge in [0.1, 0.15) is 0 Å². The summed E-state index contributed by atoms with van der Waals surface area (Å²) in [5.41, 5.74) is 0.766. The summed E-state index contributed by atoms with van der Waals surface area (Å²) in [5, 5.41) is 16.6. The third-order valence-corrected chi connectivity index (χ3v) is 1.38. The van der Waals surface area contributed by atoms with E-state index in [9.17, 15) is 0 Å². The van der Waals surface area contributed by atoms with Crippen molar-refractivity contribution in [1.82, 2.24) is 15.0 Å². The van der Waals surface area contributed by atoms with Crippen LogP contribution in [0.15, 0.2) is 6.20 Å². The maximum absolute atomic E-state index is 9.12. The van der Waals surface area contributed by atoms with Crippen LogP contribution in [0.3, 0.4) is 0 Å². The summed E-state index contributed by atoms with van der Waals surface area (Å²) in [6, 6.07) is 0. The zero-order valence-corrected chi connectivity index (χ0v) is 6.15. The Morgan fingerprint density at radius 1 is 1.80 bits per heavy atom. The number of nitrogens with zero attached hydrogens (tertiary/aromatic N) is 3. The largest absolute Gasteiger partial charge is 0.387 e. The number of rotatable bonds is 2. The Kier molecular flexibility index (Phi) is 2.01. The van der Waals surface area contributed by atoms with Gasteiger partial charge in [0.25, 0.3) is 0 Å². The fraction of sp³-hybridized carbons (Fsp3) is 0.667. The molecule has 0 aliphatic heterocycles. The van der Waals surface area contributed by atoms with Crippen molar-refractivity contribution in [1.29, 1.82) is 0 Å². The molecule has 0 amide bonds. The molecule has 56 valence electrons. The Labute approximate surface area is 59.5 Å². The lowest BCUT2D eigenvalue weighted by atomic mass is 10.3. The lowest BCUT2D eigenvalue weighted by Gasteiger charge is -2.03. The van der Waals surface area contributed by atoms with Gasteiger partial charge in [-0.1, -0.05) is 5.21 Å². The number of hydrogen-bond acceptors (Lipinski definition) is 3. The second-order valence-electron chi connectivity index (χ2n) is 2.15. The molecule has 0 unspecified atom stereocenters. The van der Waals surface area contributed by atoms with Gasteiger partial charge in [-0.2, -0.15) is 0 Å². The monoisotopic (exact) mass is 141 g/mol. The van der Waals surface area contributed by atoms with Crippen molar-refractivity contribution < 1.29 is 5.11 Å². The molecule has 1 atom stereocenters. The quantitative estimate of drug-likeness (QED) is 0.646. The average Bonchev–Trinajstić information content (AvgIpc) is 2.33. The van der Waals surface area contributed by atoms with Crippen LogP contribution in [0.4, 0.5) is 0 Å². The normalized spacial score (nSPS) is 13.5. The molecule has 1 aromatic heterocycles. The number of aliphatic hydroxyl groups is 1. The highest BCUT2D eigenvalue weighted by molar-refractivity contribution is 4.96. The van der Waals surface area contributed by atoms with E-state index in [0.717, 1.165) is 12.2 Å². The van der Waals surface area contributed by atoms with Gasteiger partial charge in [0.15, 0.2) is 0 Å². The van der Waals surface area contributed by atoms with Gasteiger partial charge in [-0.15, -0.1) is 5.10 Å². The fourth-order valence-electron chi connectivity index (χ4n) is 0.835. The fourth-order valence-corrected chi connectivity index (χ4v) is 0.835. The van der Waals surface area contributed by atoms with Gasteiger partial charge in [0, 0.05) is 6.54 Å². The lowest BCUT2D eigenvalue weighted by Crippen LogP contribution is -2.05. The minimum Gasteiger partial charge on any atom is -0.387 e. The molecule has 0 saturated heterocycles. The number of aryl methyl sites for hydroxylation is 1. The molecular formula is C6H11N3O. The number of aromatic nitrogens is 3. The molecule has 0 aliphatic carbocycles. The minimum atomic E-state index is -0.477. The molecule has 4 heteroatoms. The maximum Gasteiger partial charge on any atom is 0.0945 e. The van der Waals surface area contributed by atoms with Crippen LogP contribution >= 0.6 is 0 Å². The van der Waals surface area contributed by atoms with E-state index in [1.54, 1.807) is 17.8 Å². The summed E-state index contributed by atoms with van der Waals surface area (Å²) in [6.07, 6.45) is 1.10. The molecule has 4 nitrogen and oxygen atoms in total. The molecule has 0 saturated carbocycles. The number of aliphatic hydroxyl groups excluding tert-OH is 1. The van der Waals surface area contributed by atoms with Crippen LogP contribution in [0.25, 0.3) is 0 Å². The van der Waals surface area contributed by atoms with E-state index in [0.29, 0.717) is 0 Å². The molecule has 0 aromatic carbocycles. The summed E-state index contributed by atoms with van der Waals surface area (Å²) in [4.78, 5) is 0.